The third-order valence-electron chi connectivity index (χ3n) is 14.4. The SMILES string of the molecule is Cc1nn(CCO)c2c1/C=C/c1[nH]nc3c(C)nc(cc13)-c1c(CCn3nc(C)c4c3CN(C(C)C)[C@H](C)COc3c(c(C)nn3C)-c3cc5c([nH]nc5c(C)n3)/C=C/4)nn(C)c1O[C@@H](C)CN(C(C)C)C2. The highest BCUT2D eigenvalue weighted by Gasteiger charge is 2.30. The fraction of sp³-hybridized carbons (Fsp3) is 0.472. The third kappa shape index (κ3) is 8.80. The van der Waals surface area contributed by atoms with Crippen LogP contribution in [-0.2, 0) is 46.7 Å². The molecule has 19 heteroatoms. The van der Waals surface area contributed by atoms with Crippen LogP contribution in [0, 0.1) is 34.6 Å². The number of pyridine rings is 2. The Bertz CT molecular complexity index is 3390. The molecule has 10 rings (SSSR count). The van der Waals surface area contributed by atoms with Gasteiger partial charge in [-0.3, -0.25) is 39.3 Å². The van der Waals surface area contributed by atoms with Gasteiger partial charge in [0.2, 0.25) is 11.8 Å². The van der Waals surface area contributed by atoms with Crippen molar-refractivity contribution in [3.05, 3.63) is 80.2 Å². The summed E-state index contributed by atoms with van der Waals surface area (Å²) in [5.41, 5.74) is 16.0. The van der Waals surface area contributed by atoms with E-state index in [1.165, 1.54) is 0 Å². The molecule has 0 saturated carbocycles. The van der Waals surface area contributed by atoms with Crippen molar-refractivity contribution in [3.63, 3.8) is 0 Å². The molecule has 0 saturated heterocycles. The minimum atomic E-state index is -0.234. The molecule has 8 aromatic heterocycles. The van der Waals surface area contributed by atoms with E-state index in [0.717, 1.165) is 112 Å². The number of hydrogen-bond acceptors (Lipinski definition) is 13. The summed E-state index contributed by atoms with van der Waals surface area (Å²) in [6.45, 7) is 26.6. The van der Waals surface area contributed by atoms with Gasteiger partial charge in [0.25, 0.3) is 0 Å². The summed E-state index contributed by atoms with van der Waals surface area (Å²) >= 11 is 0. The highest BCUT2D eigenvalue weighted by molar-refractivity contribution is 5.95. The average molecular weight is 977 g/mol. The van der Waals surface area contributed by atoms with E-state index in [0.29, 0.717) is 57.5 Å². The highest BCUT2D eigenvalue weighted by atomic mass is 16.5. The highest BCUT2D eigenvalue weighted by Crippen LogP contribution is 2.38. The van der Waals surface area contributed by atoms with Crippen molar-refractivity contribution in [1.82, 2.24) is 79.3 Å². The summed E-state index contributed by atoms with van der Waals surface area (Å²) in [6, 6.07) is 4.59. The fourth-order valence-corrected chi connectivity index (χ4v) is 10.7. The number of nitrogens with zero attached hydrogens (tertiary/aromatic N) is 14. The monoisotopic (exact) mass is 977 g/mol. The Kier molecular flexibility index (Phi) is 13.0. The van der Waals surface area contributed by atoms with Gasteiger partial charge in [-0.2, -0.15) is 30.6 Å². The van der Waals surface area contributed by atoms with Crippen LogP contribution in [0.3, 0.4) is 0 Å². The van der Waals surface area contributed by atoms with Gasteiger partial charge >= 0.3 is 0 Å². The first kappa shape index (κ1) is 48.7. The number of ether oxygens (including phenoxy) is 2. The standard InChI is InChI=1S/C53H68N16O3/c1-28(2)66-24-31(6)72-53-49(45-23-40-42(57-59-51(40)36(11)55-45)16-14-37-32(7)62-69(20-21-70)46(37)25-66)43(63-65(53)13)18-19-68-47-26-67(29(3)4)30(5)27-71-52-48(34(9)60-64(52)12)44-22-39-41(17-15-38(47)33(8)61-68)56-58-50(39)35(10)54-44/h14-17,22-23,28-31,70H,18-21,24-27H2,1-13H3,(H,56,58)(H,57,59)/b16-14+,17-15+/t30-,31+/m1/s1. The first-order valence-corrected chi connectivity index (χ1v) is 25.2. The quantitative estimate of drug-likeness (QED) is 0.142. The molecule has 3 N–H and O–H groups in total. The van der Waals surface area contributed by atoms with E-state index in [1.54, 1.807) is 0 Å². The molecule has 0 fully saturated rings. The van der Waals surface area contributed by atoms with Crippen molar-refractivity contribution < 1.29 is 14.6 Å². The Labute approximate surface area is 419 Å². The van der Waals surface area contributed by atoms with Gasteiger partial charge in [-0.15, -0.1) is 0 Å². The molecule has 19 nitrogen and oxygen atoms in total. The van der Waals surface area contributed by atoms with Crippen LogP contribution in [-0.4, -0.2) is 128 Å². The van der Waals surface area contributed by atoms with E-state index in [1.807, 2.05) is 55.8 Å². The molecular formula is C53H68N16O3. The predicted molar refractivity (Wildman–Crippen MR) is 280 cm³/mol. The first-order valence-electron chi connectivity index (χ1n) is 25.2. The molecular weight excluding hydrogens is 909 g/mol. The molecule has 2 aliphatic heterocycles. The topological polar surface area (TPSA) is 200 Å². The predicted octanol–water partition coefficient (Wildman–Crippen LogP) is 7.52. The zero-order valence-electron chi connectivity index (χ0n) is 44.0. The van der Waals surface area contributed by atoms with Crippen LogP contribution < -0.4 is 9.47 Å². The minimum Gasteiger partial charge on any atom is -0.476 e. The summed E-state index contributed by atoms with van der Waals surface area (Å²) in [5, 5.41) is 48.2. The number of nitrogens with one attached hydrogen (secondary N) is 2. The van der Waals surface area contributed by atoms with Gasteiger partial charge in [0, 0.05) is 86.7 Å². The van der Waals surface area contributed by atoms with E-state index in [-0.39, 0.29) is 30.8 Å². The molecule has 8 aromatic rings. The molecule has 2 atom stereocenters. The van der Waals surface area contributed by atoms with Gasteiger partial charge in [0.1, 0.15) is 23.7 Å². The Morgan fingerprint density at radius 2 is 1.24 bits per heavy atom. The summed E-state index contributed by atoms with van der Waals surface area (Å²) in [6.07, 6.45) is 8.80. The van der Waals surface area contributed by atoms with Gasteiger partial charge in [-0.1, -0.05) is 0 Å². The number of fused-ring (bicyclic) bond motifs is 8. The van der Waals surface area contributed by atoms with Crippen molar-refractivity contribution in [1.29, 1.82) is 0 Å². The third-order valence-corrected chi connectivity index (χ3v) is 14.4. The van der Waals surface area contributed by atoms with Crippen LogP contribution >= 0.6 is 0 Å². The van der Waals surface area contributed by atoms with Crippen LogP contribution in [0.4, 0.5) is 0 Å². The molecule has 0 aliphatic carbocycles. The molecule has 10 heterocycles. The van der Waals surface area contributed by atoms with E-state index in [4.69, 9.17) is 50.0 Å². The van der Waals surface area contributed by atoms with Crippen molar-refractivity contribution in [3.8, 4) is 34.3 Å². The molecule has 378 valence electrons. The van der Waals surface area contributed by atoms with Crippen molar-refractivity contribution in [2.75, 3.05) is 19.8 Å². The maximum atomic E-state index is 10.0. The smallest absolute Gasteiger partial charge is 0.221 e. The Balaban J connectivity index is 1.07. The summed E-state index contributed by atoms with van der Waals surface area (Å²) in [4.78, 5) is 15.1. The number of hydrogen-bond donors (Lipinski definition) is 3. The first-order chi connectivity index (χ1) is 34.5. The molecule has 0 unspecified atom stereocenters. The van der Waals surface area contributed by atoms with Gasteiger partial charge in [-0.05, 0) is 113 Å². The molecule has 0 spiro atoms. The largest absolute Gasteiger partial charge is 0.476 e. The zero-order chi connectivity index (χ0) is 50.9. The van der Waals surface area contributed by atoms with E-state index < -0.39 is 0 Å². The van der Waals surface area contributed by atoms with Crippen LogP contribution in [0.5, 0.6) is 11.8 Å². The summed E-state index contributed by atoms with van der Waals surface area (Å²) in [5.74, 6) is 1.33. The van der Waals surface area contributed by atoms with E-state index >= 15 is 0 Å². The number of aromatic nitrogens is 14. The number of aliphatic hydroxyl groups excluding tert-OH is 1. The second-order valence-electron chi connectivity index (χ2n) is 20.2. The van der Waals surface area contributed by atoms with Crippen LogP contribution in [0.2, 0.25) is 0 Å². The molecule has 0 amide bonds. The van der Waals surface area contributed by atoms with Gasteiger partial charge in [0.05, 0.1) is 92.6 Å². The molecule has 0 radical (unpaired) electrons. The van der Waals surface area contributed by atoms with E-state index in [2.05, 4.69) is 110 Å². The van der Waals surface area contributed by atoms with Crippen LogP contribution in [0.15, 0.2) is 12.1 Å². The van der Waals surface area contributed by atoms with Crippen molar-refractivity contribution >= 4 is 46.1 Å². The Morgan fingerprint density at radius 1 is 0.667 bits per heavy atom. The average Bonchev–Trinajstić information content (AvgIpc) is 4.17. The molecule has 0 aromatic carbocycles. The van der Waals surface area contributed by atoms with Crippen LogP contribution in [0.25, 0.3) is 68.6 Å². The number of rotatable bonds is 7. The molecule has 2 aliphatic rings. The fourth-order valence-electron chi connectivity index (χ4n) is 10.7. The lowest BCUT2D eigenvalue weighted by Crippen LogP contribution is -2.42. The summed E-state index contributed by atoms with van der Waals surface area (Å²) in [7, 11) is 3.88. The maximum absolute atomic E-state index is 10.0. The van der Waals surface area contributed by atoms with Gasteiger partial charge in [0.15, 0.2) is 0 Å². The number of aryl methyl sites for hydroxylation is 9. The van der Waals surface area contributed by atoms with Gasteiger partial charge < -0.3 is 14.6 Å². The second-order valence-corrected chi connectivity index (χ2v) is 20.2. The molecule has 4 bridgehead atoms. The zero-order valence-corrected chi connectivity index (χ0v) is 44.0. The maximum Gasteiger partial charge on any atom is 0.221 e. The second kappa shape index (κ2) is 19.2. The number of aliphatic hydroxyl groups is 1. The van der Waals surface area contributed by atoms with Crippen molar-refractivity contribution in [2.45, 2.75) is 133 Å². The number of H-pyrrole nitrogens is 2. The Hall–Kier alpha value is -6.96. The number of aromatic amines is 2. The van der Waals surface area contributed by atoms with Crippen molar-refractivity contribution in [2.24, 2.45) is 14.1 Å². The molecule has 72 heavy (non-hydrogen) atoms. The lowest BCUT2D eigenvalue weighted by molar-refractivity contribution is 0.102. The normalized spacial score (nSPS) is 17.9. The van der Waals surface area contributed by atoms with Crippen LogP contribution in [0.1, 0.15) is 110 Å². The lowest BCUT2D eigenvalue weighted by atomic mass is 10.1. The lowest BCUT2D eigenvalue weighted by Gasteiger charge is -2.33. The minimum absolute atomic E-state index is 0.00902. The Morgan fingerprint density at radius 3 is 1.82 bits per heavy atom. The summed E-state index contributed by atoms with van der Waals surface area (Å²) < 4.78 is 21.6. The van der Waals surface area contributed by atoms with Gasteiger partial charge in [-0.25, -0.2) is 9.36 Å². The van der Waals surface area contributed by atoms with E-state index in [9.17, 15) is 5.11 Å².